The van der Waals surface area contributed by atoms with Gasteiger partial charge in [0.1, 0.15) is 5.82 Å². The molecule has 1 amide bonds. The van der Waals surface area contributed by atoms with Gasteiger partial charge in [-0.3, -0.25) is 4.79 Å². The zero-order valence-electron chi connectivity index (χ0n) is 13.3. The molecule has 1 aliphatic rings. The van der Waals surface area contributed by atoms with Crippen molar-refractivity contribution in [3.63, 3.8) is 0 Å². The first-order valence-corrected chi connectivity index (χ1v) is 7.86. The highest BCUT2D eigenvalue weighted by Gasteiger charge is 2.35. The van der Waals surface area contributed by atoms with Gasteiger partial charge in [-0.15, -0.1) is 0 Å². The van der Waals surface area contributed by atoms with E-state index >= 15 is 0 Å². The van der Waals surface area contributed by atoms with E-state index in [9.17, 15) is 18.0 Å². The smallest absolute Gasteiger partial charge is 0.258 e. The number of benzene rings is 2. The summed E-state index contributed by atoms with van der Waals surface area (Å²) in [5.74, 6) is -2.58. The van der Waals surface area contributed by atoms with Gasteiger partial charge in [-0.25, -0.2) is 13.2 Å². The fourth-order valence-electron chi connectivity index (χ4n) is 2.92. The maximum Gasteiger partial charge on any atom is 0.258 e. The highest BCUT2D eigenvalue weighted by Crippen LogP contribution is 2.32. The molecular weight excluding hydrogens is 347 g/mol. The average Bonchev–Trinajstić information content (AvgIpc) is 3.24. The Labute approximate surface area is 146 Å². The van der Waals surface area contributed by atoms with Gasteiger partial charge in [0.2, 0.25) is 5.91 Å². The van der Waals surface area contributed by atoms with Crippen LogP contribution in [0.25, 0.3) is 11.5 Å². The van der Waals surface area contributed by atoms with Gasteiger partial charge < -0.3 is 9.42 Å². The van der Waals surface area contributed by atoms with Crippen molar-refractivity contribution in [2.75, 3.05) is 11.4 Å². The van der Waals surface area contributed by atoms with Crippen molar-refractivity contribution in [1.29, 1.82) is 0 Å². The maximum atomic E-state index is 13.4. The fraction of sp³-hybridized carbons (Fsp3) is 0.167. The van der Waals surface area contributed by atoms with Crippen LogP contribution in [-0.2, 0) is 4.79 Å². The number of nitrogens with zero attached hydrogens (tertiary/aromatic N) is 3. The Bertz CT molecular complexity index is 989. The largest absolute Gasteiger partial charge is 0.334 e. The first-order chi connectivity index (χ1) is 12.5. The second kappa shape index (κ2) is 6.29. The summed E-state index contributed by atoms with van der Waals surface area (Å²) in [4.78, 5) is 17.8. The van der Waals surface area contributed by atoms with Gasteiger partial charge in [0, 0.05) is 36.2 Å². The predicted octanol–water partition coefficient (Wildman–Crippen LogP) is 3.67. The van der Waals surface area contributed by atoms with Crippen molar-refractivity contribution >= 4 is 11.6 Å². The van der Waals surface area contributed by atoms with Gasteiger partial charge in [0.05, 0.1) is 0 Å². The van der Waals surface area contributed by atoms with E-state index in [2.05, 4.69) is 10.1 Å². The van der Waals surface area contributed by atoms with Gasteiger partial charge in [-0.2, -0.15) is 4.98 Å². The van der Waals surface area contributed by atoms with E-state index in [0.717, 1.165) is 12.1 Å². The lowest BCUT2D eigenvalue weighted by Gasteiger charge is -2.16. The Morgan fingerprint density at radius 3 is 2.69 bits per heavy atom. The molecule has 4 rings (SSSR count). The molecule has 1 unspecified atom stereocenters. The van der Waals surface area contributed by atoms with Crippen LogP contribution in [-0.4, -0.2) is 22.6 Å². The summed E-state index contributed by atoms with van der Waals surface area (Å²) in [6.45, 7) is 0.214. The molecule has 0 bridgehead atoms. The lowest BCUT2D eigenvalue weighted by atomic mass is 10.1. The average molecular weight is 359 g/mol. The minimum absolute atomic E-state index is 0.112. The van der Waals surface area contributed by atoms with Crippen LogP contribution >= 0.6 is 0 Å². The summed E-state index contributed by atoms with van der Waals surface area (Å²) in [6.07, 6.45) is 0.112. The van der Waals surface area contributed by atoms with Crippen molar-refractivity contribution in [2.45, 2.75) is 12.3 Å². The van der Waals surface area contributed by atoms with Crippen molar-refractivity contribution < 1.29 is 22.5 Å². The third kappa shape index (κ3) is 2.94. The second-order valence-corrected chi connectivity index (χ2v) is 5.97. The molecule has 0 N–H and O–H groups in total. The van der Waals surface area contributed by atoms with Gasteiger partial charge in [0.15, 0.2) is 17.5 Å². The van der Waals surface area contributed by atoms with Crippen LogP contribution in [0.4, 0.5) is 18.9 Å². The molecule has 26 heavy (non-hydrogen) atoms. The molecule has 1 atom stereocenters. The molecule has 8 heteroatoms. The third-order valence-corrected chi connectivity index (χ3v) is 4.22. The molecular formula is C18H12F3N3O2. The molecule has 2 aromatic carbocycles. The summed E-state index contributed by atoms with van der Waals surface area (Å²) in [5.41, 5.74) is 0.704. The standard InChI is InChI=1S/C18H12F3N3O2/c19-12-3-1-2-10(6-12)18-22-17(23-26-18)11-7-16(25)24(9-11)13-4-5-14(20)15(21)8-13/h1-6,8,11H,7,9H2. The molecule has 0 radical (unpaired) electrons. The van der Waals surface area contributed by atoms with E-state index in [1.807, 2.05) is 0 Å². The van der Waals surface area contributed by atoms with Crippen LogP contribution in [0.15, 0.2) is 47.0 Å². The number of rotatable bonds is 3. The van der Waals surface area contributed by atoms with E-state index in [0.29, 0.717) is 11.4 Å². The minimum atomic E-state index is -1.02. The van der Waals surface area contributed by atoms with Crippen LogP contribution in [0.5, 0.6) is 0 Å². The topological polar surface area (TPSA) is 59.2 Å². The van der Waals surface area contributed by atoms with Crippen LogP contribution in [0, 0.1) is 17.5 Å². The highest BCUT2D eigenvalue weighted by molar-refractivity contribution is 5.96. The Balaban J connectivity index is 1.56. The summed E-state index contributed by atoms with van der Waals surface area (Å²) < 4.78 is 45.0. The highest BCUT2D eigenvalue weighted by atomic mass is 19.2. The number of anilines is 1. The molecule has 0 aliphatic carbocycles. The van der Waals surface area contributed by atoms with Crippen molar-refractivity contribution in [1.82, 2.24) is 10.1 Å². The monoisotopic (exact) mass is 359 g/mol. The van der Waals surface area contributed by atoms with Crippen molar-refractivity contribution in [3.05, 3.63) is 65.7 Å². The van der Waals surface area contributed by atoms with Gasteiger partial charge in [0.25, 0.3) is 5.89 Å². The maximum absolute atomic E-state index is 13.4. The number of aromatic nitrogens is 2. The lowest BCUT2D eigenvalue weighted by molar-refractivity contribution is -0.117. The Morgan fingerprint density at radius 2 is 1.92 bits per heavy atom. The Kier molecular flexibility index (Phi) is 3.95. The van der Waals surface area contributed by atoms with Crippen LogP contribution in [0.3, 0.4) is 0 Å². The number of carbonyl (C=O) groups is 1. The SMILES string of the molecule is O=C1CC(c2noc(-c3cccc(F)c3)n2)CN1c1ccc(F)c(F)c1. The van der Waals surface area contributed by atoms with Crippen LogP contribution in [0.1, 0.15) is 18.2 Å². The minimum Gasteiger partial charge on any atom is -0.334 e. The molecule has 5 nitrogen and oxygen atoms in total. The lowest BCUT2D eigenvalue weighted by Crippen LogP contribution is -2.24. The summed E-state index contributed by atoms with van der Waals surface area (Å²) in [7, 11) is 0. The van der Waals surface area contributed by atoms with Gasteiger partial charge in [-0.1, -0.05) is 11.2 Å². The molecule has 1 aliphatic heterocycles. The molecule has 1 aromatic heterocycles. The molecule has 132 valence electrons. The zero-order chi connectivity index (χ0) is 18.3. The quantitative estimate of drug-likeness (QED) is 0.716. The van der Waals surface area contributed by atoms with Gasteiger partial charge in [-0.05, 0) is 30.3 Å². The number of carbonyl (C=O) groups excluding carboxylic acids is 1. The molecule has 3 aromatic rings. The first kappa shape index (κ1) is 16.3. The molecule has 1 fully saturated rings. The normalized spacial score (nSPS) is 17.1. The molecule has 0 spiro atoms. The van der Waals surface area contributed by atoms with E-state index in [4.69, 9.17) is 4.52 Å². The second-order valence-electron chi connectivity index (χ2n) is 5.97. The van der Waals surface area contributed by atoms with E-state index < -0.39 is 17.5 Å². The van der Waals surface area contributed by atoms with Crippen LogP contribution < -0.4 is 4.90 Å². The van der Waals surface area contributed by atoms with Crippen molar-refractivity contribution in [2.24, 2.45) is 0 Å². The number of halogens is 3. The fourth-order valence-corrected chi connectivity index (χ4v) is 2.92. The summed E-state index contributed by atoms with van der Waals surface area (Å²) in [6, 6.07) is 9.02. The molecule has 2 heterocycles. The first-order valence-electron chi connectivity index (χ1n) is 7.86. The molecule has 1 saturated heterocycles. The summed E-state index contributed by atoms with van der Waals surface area (Å²) >= 11 is 0. The Hall–Kier alpha value is -3.16. The van der Waals surface area contributed by atoms with E-state index in [1.165, 1.54) is 29.2 Å². The Morgan fingerprint density at radius 1 is 1.08 bits per heavy atom. The van der Waals surface area contributed by atoms with E-state index in [1.54, 1.807) is 6.07 Å². The third-order valence-electron chi connectivity index (χ3n) is 4.22. The predicted molar refractivity (Wildman–Crippen MR) is 85.8 cm³/mol. The number of amides is 1. The summed E-state index contributed by atoms with van der Waals surface area (Å²) in [5, 5.41) is 3.88. The van der Waals surface area contributed by atoms with Crippen LogP contribution in [0.2, 0.25) is 0 Å². The molecule has 0 saturated carbocycles. The zero-order valence-corrected chi connectivity index (χ0v) is 13.3. The van der Waals surface area contributed by atoms with Crippen molar-refractivity contribution in [3.8, 4) is 11.5 Å². The number of hydrogen-bond acceptors (Lipinski definition) is 4. The number of hydrogen-bond donors (Lipinski definition) is 0. The van der Waals surface area contributed by atoms with E-state index in [-0.39, 0.29) is 36.4 Å². The van der Waals surface area contributed by atoms with Gasteiger partial charge >= 0.3 is 0 Å².